The highest BCUT2D eigenvalue weighted by Crippen LogP contribution is 2.25. The molecule has 0 aliphatic heterocycles. The van der Waals surface area contributed by atoms with Crippen LogP contribution >= 0.6 is 11.3 Å². The second-order valence-electron chi connectivity index (χ2n) is 7.34. The summed E-state index contributed by atoms with van der Waals surface area (Å²) in [6.07, 6.45) is 4.72. The number of nitrogens with one attached hydrogen (secondary N) is 1. The molecule has 1 amide bonds. The Morgan fingerprint density at radius 3 is 2.65 bits per heavy atom. The van der Waals surface area contributed by atoms with Crippen LogP contribution in [0.2, 0.25) is 0 Å². The Bertz CT molecular complexity index is 1380. The third-order valence-corrected chi connectivity index (χ3v) is 5.70. The van der Waals surface area contributed by atoms with E-state index in [4.69, 9.17) is 15.1 Å². The summed E-state index contributed by atoms with van der Waals surface area (Å²) >= 11 is 1.23. The number of nitrogens with zero attached hydrogens (tertiary/aromatic N) is 3. The van der Waals surface area contributed by atoms with Crippen molar-refractivity contribution < 1.29 is 14.3 Å². The topological polar surface area (TPSA) is 97.0 Å². The van der Waals surface area contributed by atoms with Crippen LogP contribution in [0.4, 0.5) is 5.00 Å². The van der Waals surface area contributed by atoms with Gasteiger partial charge in [0.25, 0.3) is 5.91 Å². The quantitative estimate of drug-likeness (QED) is 0.305. The maximum atomic E-state index is 12.2. The lowest BCUT2D eigenvalue weighted by molar-refractivity contribution is -0.142. The number of anilines is 1. The summed E-state index contributed by atoms with van der Waals surface area (Å²) in [4.78, 5) is 24.3. The van der Waals surface area contributed by atoms with Gasteiger partial charge in [-0.2, -0.15) is 10.4 Å². The molecule has 0 atom stereocenters. The van der Waals surface area contributed by atoms with Crippen LogP contribution in [-0.4, -0.2) is 28.3 Å². The van der Waals surface area contributed by atoms with Crippen LogP contribution in [0.3, 0.4) is 0 Å². The van der Waals surface area contributed by atoms with E-state index in [9.17, 15) is 9.59 Å². The third-order valence-electron chi connectivity index (χ3n) is 4.87. The van der Waals surface area contributed by atoms with Gasteiger partial charge >= 0.3 is 5.97 Å². The van der Waals surface area contributed by atoms with Gasteiger partial charge in [0.1, 0.15) is 11.1 Å². The van der Waals surface area contributed by atoms with Gasteiger partial charge in [0.05, 0.1) is 16.9 Å². The lowest BCUT2D eigenvalue weighted by Crippen LogP contribution is -2.20. The van der Waals surface area contributed by atoms with Gasteiger partial charge in [-0.05, 0) is 36.6 Å². The number of aryl methyl sites for hydroxylation is 1. The van der Waals surface area contributed by atoms with Gasteiger partial charge < -0.3 is 10.1 Å². The molecule has 1 N–H and O–H groups in total. The summed E-state index contributed by atoms with van der Waals surface area (Å²) in [6.45, 7) is 1.55. The summed E-state index contributed by atoms with van der Waals surface area (Å²) in [5.74, 6) is -1.18. The molecule has 0 radical (unpaired) electrons. The maximum absolute atomic E-state index is 12.2. The Labute approximate surface area is 200 Å². The number of para-hydroxylation sites is 1. The third kappa shape index (κ3) is 5.46. The van der Waals surface area contributed by atoms with E-state index in [1.165, 1.54) is 17.4 Å². The van der Waals surface area contributed by atoms with Crippen molar-refractivity contribution in [3.05, 3.63) is 95.0 Å². The first-order valence-corrected chi connectivity index (χ1v) is 11.3. The SMILES string of the molecule is Cc1ccc(-c2nn(-c3ccccc3)cc2C=CC(=O)OCC(=O)Nc2sccc2C#N)cc1. The molecule has 4 aromatic rings. The average Bonchev–Trinajstić information content (AvgIpc) is 3.49. The first-order valence-electron chi connectivity index (χ1n) is 10.4. The van der Waals surface area contributed by atoms with Crippen molar-refractivity contribution in [3.8, 4) is 23.0 Å². The van der Waals surface area contributed by atoms with Gasteiger partial charge in [-0.15, -0.1) is 11.3 Å². The van der Waals surface area contributed by atoms with Gasteiger partial charge in [0.2, 0.25) is 0 Å². The van der Waals surface area contributed by atoms with Crippen molar-refractivity contribution in [1.82, 2.24) is 9.78 Å². The summed E-state index contributed by atoms with van der Waals surface area (Å²) in [6, 6.07) is 21.2. The van der Waals surface area contributed by atoms with E-state index in [2.05, 4.69) is 5.32 Å². The number of hydrogen-bond donors (Lipinski definition) is 1. The monoisotopic (exact) mass is 468 g/mol. The van der Waals surface area contributed by atoms with Crippen LogP contribution in [0.25, 0.3) is 23.0 Å². The first-order chi connectivity index (χ1) is 16.5. The van der Waals surface area contributed by atoms with Crippen molar-refractivity contribution in [3.63, 3.8) is 0 Å². The molecular formula is C26H20N4O3S. The molecule has 0 unspecified atom stereocenters. The number of ether oxygens (including phenoxy) is 1. The Kier molecular flexibility index (Phi) is 6.96. The van der Waals surface area contributed by atoms with Crippen LogP contribution in [0.15, 0.2) is 78.3 Å². The van der Waals surface area contributed by atoms with E-state index in [-0.39, 0.29) is 0 Å². The lowest BCUT2D eigenvalue weighted by atomic mass is 10.1. The van der Waals surface area contributed by atoms with Crippen molar-refractivity contribution in [2.24, 2.45) is 0 Å². The summed E-state index contributed by atoms with van der Waals surface area (Å²) < 4.78 is 6.81. The molecule has 0 bridgehead atoms. The van der Waals surface area contributed by atoms with Crippen LogP contribution < -0.4 is 5.32 Å². The summed E-state index contributed by atoms with van der Waals surface area (Å²) in [5, 5.41) is 18.4. The van der Waals surface area contributed by atoms with E-state index in [0.29, 0.717) is 16.3 Å². The number of aromatic nitrogens is 2. The molecule has 0 fully saturated rings. The molecule has 7 nitrogen and oxygen atoms in total. The Morgan fingerprint density at radius 2 is 1.91 bits per heavy atom. The van der Waals surface area contributed by atoms with Crippen molar-refractivity contribution in [2.45, 2.75) is 6.92 Å². The van der Waals surface area contributed by atoms with E-state index in [1.54, 1.807) is 22.2 Å². The number of hydrogen-bond acceptors (Lipinski definition) is 6. The highest BCUT2D eigenvalue weighted by atomic mass is 32.1. The molecule has 0 aliphatic rings. The minimum Gasteiger partial charge on any atom is -0.452 e. The molecule has 8 heteroatoms. The number of benzene rings is 2. The minimum atomic E-state index is -0.663. The van der Waals surface area contributed by atoms with Gasteiger partial charge in [-0.3, -0.25) is 4.79 Å². The standard InChI is InChI=1S/C26H20N4O3S/c1-18-7-9-19(10-8-18)25-21(16-30(29-25)22-5-3-2-4-6-22)11-12-24(32)33-17-23(31)28-26-20(15-27)13-14-34-26/h2-14,16H,17H2,1H3,(H,28,31). The second kappa shape index (κ2) is 10.4. The molecule has 0 saturated heterocycles. The molecule has 2 aromatic heterocycles. The number of thiophene rings is 1. The average molecular weight is 469 g/mol. The molecular weight excluding hydrogens is 448 g/mol. The van der Waals surface area contributed by atoms with Gasteiger partial charge in [-0.1, -0.05) is 48.0 Å². The smallest absolute Gasteiger partial charge is 0.331 e. The lowest BCUT2D eigenvalue weighted by Gasteiger charge is -2.03. The van der Waals surface area contributed by atoms with E-state index >= 15 is 0 Å². The van der Waals surface area contributed by atoms with Crippen molar-refractivity contribution in [1.29, 1.82) is 5.26 Å². The maximum Gasteiger partial charge on any atom is 0.331 e. The van der Waals surface area contributed by atoms with Crippen LogP contribution in [-0.2, 0) is 14.3 Å². The van der Waals surface area contributed by atoms with Gasteiger partial charge in [0, 0.05) is 23.4 Å². The predicted molar refractivity (Wildman–Crippen MR) is 131 cm³/mol. The van der Waals surface area contributed by atoms with Gasteiger partial charge in [-0.25, -0.2) is 9.48 Å². The van der Waals surface area contributed by atoms with Crippen molar-refractivity contribution >= 4 is 34.3 Å². The predicted octanol–water partition coefficient (Wildman–Crippen LogP) is 4.98. The molecule has 34 heavy (non-hydrogen) atoms. The van der Waals surface area contributed by atoms with Crippen LogP contribution in [0.1, 0.15) is 16.7 Å². The molecule has 168 valence electrons. The zero-order chi connectivity index (χ0) is 23.9. The number of carbonyl (C=O) groups is 2. The normalized spacial score (nSPS) is 10.7. The Balaban J connectivity index is 1.48. The molecule has 0 saturated carbocycles. The first kappa shape index (κ1) is 22.7. The number of esters is 1. The Hall–Kier alpha value is -4.48. The van der Waals surface area contributed by atoms with E-state index in [0.717, 1.165) is 22.4 Å². The zero-order valence-corrected chi connectivity index (χ0v) is 19.1. The van der Waals surface area contributed by atoms with E-state index < -0.39 is 18.5 Å². The number of rotatable bonds is 7. The second-order valence-corrected chi connectivity index (χ2v) is 8.26. The molecule has 2 heterocycles. The molecule has 4 rings (SSSR count). The molecule has 0 spiro atoms. The van der Waals surface area contributed by atoms with Gasteiger partial charge in [0.15, 0.2) is 6.61 Å². The summed E-state index contributed by atoms with van der Waals surface area (Å²) in [5.41, 5.74) is 4.74. The fourth-order valence-electron chi connectivity index (χ4n) is 3.16. The molecule has 0 aliphatic carbocycles. The Morgan fingerprint density at radius 1 is 1.15 bits per heavy atom. The number of nitriles is 1. The van der Waals surface area contributed by atoms with E-state index in [1.807, 2.05) is 73.8 Å². The fourth-order valence-corrected chi connectivity index (χ4v) is 3.91. The summed E-state index contributed by atoms with van der Waals surface area (Å²) in [7, 11) is 0. The van der Waals surface area contributed by atoms with Crippen molar-refractivity contribution in [2.75, 3.05) is 11.9 Å². The van der Waals surface area contributed by atoms with Crippen LogP contribution in [0, 0.1) is 18.3 Å². The highest BCUT2D eigenvalue weighted by molar-refractivity contribution is 7.14. The highest BCUT2D eigenvalue weighted by Gasteiger charge is 2.13. The largest absolute Gasteiger partial charge is 0.452 e. The minimum absolute atomic E-state index is 0.364. The van der Waals surface area contributed by atoms with Crippen LogP contribution in [0.5, 0.6) is 0 Å². The number of amides is 1. The number of carbonyl (C=O) groups excluding carboxylic acids is 2. The molecule has 2 aromatic carbocycles. The zero-order valence-electron chi connectivity index (χ0n) is 18.3. The fraction of sp³-hybridized carbons (Fsp3) is 0.0769.